The molecule has 0 aliphatic carbocycles. The Balaban J connectivity index is 2.98. The van der Waals surface area contributed by atoms with Crippen molar-refractivity contribution in [1.29, 1.82) is 0 Å². The normalized spacial score (nSPS) is 10.0. The second-order valence-corrected chi connectivity index (χ2v) is 3.36. The molecule has 1 heterocycles. The van der Waals surface area contributed by atoms with Crippen LogP contribution in [0.4, 0.5) is 0 Å². The molecule has 80 valence electrons. The number of carbonyl (C=O) groups is 2. The number of pyridine rings is 1. The van der Waals surface area contributed by atoms with Gasteiger partial charge in [0.2, 0.25) is 0 Å². The van der Waals surface area contributed by atoms with Crippen LogP contribution in [0.2, 0.25) is 0 Å². The van der Waals surface area contributed by atoms with E-state index < -0.39 is 5.97 Å². The van der Waals surface area contributed by atoms with Gasteiger partial charge in [-0.3, -0.25) is 9.78 Å². The molecule has 1 N–H and O–H groups in total. The van der Waals surface area contributed by atoms with Crippen LogP contribution < -0.4 is 0 Å². The van der Waals surface area contributed by atoms with Crippen molar-refractivity contribution in [3.63, 3.8) is 0 Å². The number of carbonyl (C=O) groups excluding carboxylic acids is 1. The van der Waals surface area contributed by atoms with Gasteiger partial charge in [0.05, 0.1) is 5.56 Å². The van der Waals surface area contributed by atoms with E-state index in [4.69, 9.17) is 5.11 Å². The zero-order chi connectivity index (χ0) is 11.4. The molecular weight excluding hydrogens is 194 g/mol. The van der Waals surface area contributed by atoms with Crippen LogP contribution >= 0.6 is 0 Å². The summed E-state index contributed by atoms with van der Waals surface area (Å²) < 4.78 is 0. The van der Waals surface area contributed by atoms with E-state index in [1.165, 1.54) is 12.1 Å². The standard InChI is InChI=1S/C11H13NO3/c1-3-10(13)6-9-5-8(11(14)15)4-7(2)12-9/h4-5H,3,6H2,1-2H3,(H,14,15). The molecule has 0 aliphatic rings. The van der Waals surface area contributed by atoms with Gasteiger partial charge in [0.1, 0.15) is 5.78 Å². The smallest absolute Gasteiger partial charge is 0.335 e. The summed E-state index contributed by atoms with van der Waals surface area (Å²) in [6.45, 7) is 3.49. The van der Waals surface area contributed by atoms with E-state index in [0.29, 0.717) is 17.8 Å². The molecule has 0 saturated carbocycles. The number of carboxylic acids is 1. The minimum absolute atomic E-state index is 0.0597. The summed E-state index contributed by atoms with van der Waals surface area (Å²) in [6.07, 6.45) is 0.649. The average Bonchev–Trinajstić information content (AvgIpc) is 2.16. The van der Waals surface area contributed by atoms with Gasteiger partial charge >= 0.3 is 5.97 Å². The van der Waals surface area contributed by atoms with Crippen LogP contribution in [0.1, 0.15) is 35.1 Å². The molecule has 15 heavy (non-hydrogen) atoms. The van der Waals surface area contributed by atoms with Gasteiger partial charge in [-0.15, -0.1) is 0 Å². The Hall–Kier alpha value is -1.71. The summed E-state index contributed by atoms with van der Waals surface area (Å²) in [5.41, 5.74) is 1.33. The number of Topliss-reactive ketones (excluding diaryl/α,β-unsaturated/α-hetero) is 1. The van der Waals surface area contributed by atoms with Gasteiger partial charge in [-0.05, 0) is 19.1 Å². The maximum atomic E-state index is 11.2. The summed E-state index contributed by atoms with van der Waals surface area (Å²) in [7, 11) is 0. The van der Waals surface area contributed by atoms with Crippen LogP contribution in [0.15, 0.2) is 12.1 Å². The maximum Gasteiger partial charge on any atom is 0.335 e. The highest BCUT2D eigenvalue weighted by atomic mass is 16.4. The quantitative estimate of drug-likeness (QED) is 0.814. The van der Waals surface area contributed by atoms with E-state index in [-0.39, 0.29) is 17.8 Å². The highest BCUT2D eigenvalue weighted by Gasteiger charge is 2.08. The molecule has 1 rings (SSSR count). The SMILES string of the molecule is CCC(=O)Cc1cc(C(=O)O)cc(C)n1. The van der Waals surface area contributed by atoms with Crippen LogP contribution in [-0.4, -0.2) is 21.8 Å². The van der Waals surface area contributed by atoms with Crippen molar-refractivity contribution in [2.24, 2.45) is 0 Å². The minimum atomic E-state index is -0.995. The molecule has 0 fully saturated rings. The Morgan fingerprint density at radius 2 is 2.07 bits per heavy atom. The average molecular weight is 207 g/mol. The van der Waals surface area contributed by atoms with Crippen LogP contribution in [0.25, 0.3) is 0 Å². The number of rotatable bonds is 4. The molecule has 0 spiro atoms. The lowest BCUT2D eigenvalue weighted by atomic mass is 10.1. The molecule has 0 atom stereocenters. The van der Waals surface area contributed by atoms with Gasteiger partial charge in [0, 0.05) is 24.2 Å². The lowest BCUT2D eigenvalue weighted by Gasteiger charge is -2.02. The number of hydrogen-bond acceptors (Lipinski definition) is 3. The van der Waals surface area contributed by atoms with E-state index >= 15 is 0 Å². The summed E-state index contributed by atoms with van der Waals surface area (Å²) >= 11 is 0. The third-order valence-electron chi connectivity index (χ3n) is 2.03. The Labute approximate surface area is 88.0 Å². The minimum Gasteiger partial charge on any atom is -0.478 e. The number of carboxylic acid groups (broad SMARTS) is 1. The molecule has 0 bridgehead atoms. The number of ketones is 1. The van der Waals surface area contributed by atoms with Crippen molar-refractivity contribution in [3.05, 3.63) is 29.1 Å². The van der Waals surface area contributed by atoms with Crippen molar-refractivity contribution in [3.8, 4) is 0 Å². The van der Waals surface area contributed by atoms with Gasteiger partial charge in [0.15, 0.2) is 0 Å². The van der Waals surface area contributed by atoms with E-state index in [1.54, 1.807) is 13.8 Å². The van der Waals surface area contributed by atoms with Crippen molar-refractivity contribution in [2.75, 3.05) is 0 Å². The Kier molecular flexibility index (Phi) is 3.55. The summed E-state index contributed by atoms with van der Waals surface area (Å²) in [6, 6.07) is 2.94. The number of aromatic carboxylic acids is 1. The van der Waals surface area contributed by atoms with E-state index in [1.807, 2.05) is 0 Å². The molecule has 0 radical (unpaired) electrons. The second kappa shape index (κ2) is 4.68. The molecule has 1 aromatic heterocycles. The fourth-order valence-corrected chi connectivity index (χ4v) is 1.28. The predicted octanol–water partition coefficient (Wildman–Crippen LogP) is 1.61. The molecule has 4 nitrogen and oxygen atoms in total. The topological polar surface area (TPSA) is 67.3 Å². The van der Waals surface area contributed by atoms with Gasteiger partial charge in [0.25, 0.3) is 0 Å². The number of aromatic nitrogens is 1. The maximum absolute atomic E-state index is 11.2. The molecule has 0 saturated heterocycles. The monoisotopic (exact) mass is 207 g/mol. The zero-order valence-electron chi connectivity index (χ0n) is 8.78. The van der Waals surface area contributed by atoms with Crippen molar-refractivity contribution < 1.29 is 14.7 Å². The zero-order valence-corrected chi connectivity index (χ0v) is 8.78. The molecule has 0 aromatic carbocycles. The Morgan fingerprint density at radius 3 is 2.60 bits per heavy atom. The van der Waals surface area contributed by atoms with Crippen LogP contribution in [0.3, 0.4) is 0 Å². The van der Waals surface area contributed by atoms with Crippen molar-refractivity contribution in [1.82, 2.24) is 4.98 Å². The van der Waals surface area contributed by atoms with Crippen molar-refractivity contribution >= 4 is 11.8 Å². The van der Waals surface area contributed by atoms with Crippen molar-refractivity contribution in [2.45, 2.75) is 26.7 Å². The first-order valence-corrected chi connectivity index (χ1v) is 4.75. The number of hydrogen-bond donors (Lipinski definition) is 1. The van der Waals surface area contributed by atoms with Crippen LogP contribution in [0.5, 0.6) is 0 Å². The number of aryl methyl sites for hydroxylation is 1. The molecule has 0 amide bonds. The van der Waals surface area contributed by atoms with E-state index in [0.717, 1.165) is 0 Å². The summed E-state index contributed by atoms with van der Waals surface area (Å²) in [5.74, 6) is -0.935. The highest BCUT2D eigenvalue weighted by Crippen LogP contribution is 2.07. The first kappa shape index (κ1) is 11.4. The fourth-order valence-electron chi connectivity index (χ4n) is 1.28. The van der Waals surface area contributed by atoms with E-state index in [9.17, 15) is 9.59 Å². The Bertz CT molecular complexity index is 399. The first-order valence-electron chi connectivity index (χ1n) is 4.75. The van der Waals surface area contributed by atoms with Gasteiger partial charge in [-0.25, -0.2) is 4.79 Å². The third kappa shape index (κ3) is 3.16. The predicted molar refractivity (Wildman–Crippen MR) is 54.9 cm³/mol. The highest BCUT2D eigenvalue weighted by molar-refractivity contribution is 5.88. The van der Waals surface area contributed by atoms with E-state index in [2.05, 4.69) is 4.98 Å². The fraction of sp³-hybridized carbons (Fsp3) is 0.364. The van der Waals surface area contributed by atoms with Crippen LogP contribution in [0, 0.1) is 6.92 Å². The molecule has 0 aliphatic heterocycles. The largest absolute Gasteiger partial charge is 0.478 e. The molecule has 4 heteroatoms. The molecule has 0 unspecified atom stereocenters. The summed E-state index contributed by atoms with van der Waals surface area (Å²) in [4.78, 5) is 26.1. The summed E-state index contributed by atoms with van der Waals surface area (Å²) in [5, 5.41) is 8.81. The molecule has 1 aromatic rings. The molecular formula is C11H13NO3. The second-order valence-electron chi connectivity index (χ2n) is 3.36. The van der Waals surface area contributed by atoms with Gasteiger partial charge in [-0.1, -0.05) is 6.92 Å². The van der Waals surface area contributed by atoms with Gasteiger partial charge in [-0.2, -0.15) is 0 Å². The lowest BCUT2D eigenvalue weighted by molar-refractivity contribution is -0.118. The lowest BCUT2D eigenvalue weighted by Crippen LogP contribution is -2.06. The Morgan fingerprint density at radius 1 is 1.40 bits per heavy atom. The van der Waals surface area contributed by atoms with Crippen LogP contribution in [-0.2, 0) is 11.2 Å². The number of nitrogens with zero attached hydrogens (tertiary/aromatic N) is 1. The van der Waals surface area contributed by atoms with Gasteiger partial charge < -0.3 is 5.11 Å². The third-order valence-corrected chi connectivity index (χ3v) is 2.03. The first-order chi connectivity index (χ1) is 7.02.